The molecule has 1 aromatic rings. The van der Waals surface area contributed by atoms with E-state index in [1.54, 1.807) is 7.11 Å². The molecule has 24 heavy (non-hydrogen) atoms. The first-order chi connectivity index (χ1) is 11.5. The Morgan fingerprint density at radius 3 is 2.54 bits per heavy atom. The average molecular weight is 342 g/mol. The molecule has 1 unspecified atom stereocenters. The van der Waals surface area contributed by atoms with Gasteiger partial charge in [-0.15, -0.1) is 0 Å². The number of aliphatic hydroxyl groups is 1. The van der Waals surface area contributed by atoms with Gasteiger partial charge in [0, 0.05) is 26.8 Å². The summed E-state index contributed by atoms with van der Waals surface area (Å²) in [5, 5.41) is 15.1. The SMILES string of the molecule is COCCC1(CNC(=O)NCC(O)c2c(F)cccc2F)CCC1. The van der Waals surface area contributed by atoms with Gasteiger partial charge < -0.3 is 20.5 Å². The number of methoxy groups -OCH3 is 1. The Kier molecular flexibility index (Phi) is 6.51. The van der Waals surface area contributed by atoms with E-state index in [2.05, 4.69) is 10.6 Å². The van der Waals surface area contributed by atoms with Crippen molar-refractivity contribution in [3.63, 3.8) is 0 Å². The van der Waals surface area contributed by atoms with Gasteiger partial charge in [0.25, 0.3) is 0 Å². The third-order valence-electron chi connectivity index (χ3n) is 4.66. The summed E-state index contributed by atoms with van der Waals surface area (Å²) in [6, 6.07) is 2.89. The van der Waals surface area contributed by atoms with Crippen molar-refractivity contribution in [3.05, 3.63) is 35.4 Å². The van der Waals surface area contributed by atoms with Crippen LogP contribution in [-0.2, 0) is 4.74 Å². The van der Waals surface area contributed by atoms with E-state index in [-0.39, 0.29) is 12.0 Å². The summed E-state index contributed by atoms with van der Waals surface area (Å²) in [5.74, 6) is -1.67. The molecule has 1 aliphatic carbocycles. The van der Waals surface area contributed by atoms with Crippen LogP contribution in [0.25, 0.3) is 0 Å². The number of amides is 2. The minimum atomic E-state index is -1.44. The topological polar surface area (TPSA) is 70.6 Å². The van der Waals surface area contributed by atoms with Gasteiger partial charge in [0.1, 0.15) is 17.7 Å². The summed E-state index contributed by atoms with van der Waals surface area (Å²) in [5.41, 5.74) is -0.364. The van der Waals surface area contributed by atoms with Crippen LogP contribution in [0.5, 0.6) is 0 Å². The number of rotatable bonds is 8. The van der Waals surface area contributed by atoms with Gasteiger partial charge in [-0.25, -0.2) is 13.6 Å². The Bertz CT molecular complexity index is 545. The fraction of sp³-hybridized carbons (Fsp3) is 0.588. The molecule has 5 nitrogen and oxygen atoms in total. The van der Waals surface area contributed by atoms with Gasteiger partial charge in [-0.1, -0.05) is 12.5 Å². The van der Waals surface area contributed by atoms with Gasteiger partial charge in [-0.2, -0.15) is 0 Å². The first-order valence-corrected chi connectivity index (χ1v) is 8.10. The fourth-order valence-electron chi connectivity index (χ4n) is 2.96. The Labute approximate surface area is 140 Å². The molecule has 0 spiro atoms. The molecule has 134 valence electrons. The molecule has 0 heterocycles. The van der Waals surface area contributed by atoms with Gasteiger partial charge in [0.2, 0.25) is 0 Å². The molecule has 2 rings (SSSR count). The van der Waals surface area contributed by atoms with Gasteiger partial charge in [0.15, 0.2) is 0 Å². The summed E-state index contributed by atoms with van der Waals surface area (Å²) < 4.78 is 32.2. The van der Waals surface area contributed by atoms with Crippen LogP contribution in [0.3, 0.4) is 0 Å². The van der Waals surface area contributed by atoms with Gasteiger partial charge in [0.05, 0.1) is 5.56 Å². The summed E-state index contributed by atoms with van der Waals surface area (Å²) in [7, 11) is 1.65. The predicted octanol–water partition coefficient (Wildman–Crippen LogP) is 2.50. The molecule has 1 aliphatic rings. The molecular formula is C17H24F2N2O3. The lowest BCUT2D eigenvalue weighted by molar-refractivity contribution is 0.0710. The van der Waals surface area contributed by atoms with E-state index in [1.165, 1.54) is 6.07 Å². The molecule has 0 aromatic heterocycles. The van der Waals surface area contributed by atoms with Crippen LogP contribution < -0.4 is 10.6 Å². The highest BCUT2D eigenvalue weighted by Gasteiger charge is 2.36. The van der Waals surface area contributed by atoms with Crippen molar-refractivity contribution < 1.29 is 23.4 Å². The lowest BCUT2D eigenvalue weighted by Gasteiger charge is -2.42. The molecule has 2 amide bonds. The van der Waals surface area contributed by atoms with Crippen LogP contribution in [0.4, 0.5) is 13.6 Å². The fourth-order valence-corrected chi connectivity index (χ4v) is 2.96. The highest BCUT2D eigenvalue weighted by atomic mass is 19.1. The van der Waals surface area contributed by atoms with Gasteiger partial charge in [-0.05, 0) is 36.8 Å². The zero-order valence-electron chi connectivity index (χ0n) is 13.8. The maximum atomic E-state index is 13.6. The Morgan fingerprint density at radius 1 is 1.33 bits per heavy atom. The zero-order valence-corrected chi connectivity index (χ0v) is 13.8. The number of benzene rings is 1. The summed E-state index contributed by atoms with van der Waals surface area (Å²) >= 11 is 0. The number of hydrogen-bond acceptors (Lipinski definition) is 3. The minimum Gasteiger partial charge on any atom is -0.386 e. The third-order valence-corrected chi connectivity index (χ3v) is 4.66. The summed E-state index contributed by atoms with van der Waals surface area (Å²) in [6.07, 6.45) is 2.66. The molecule has 0 aliphatic heterocycles. The lowest BCUT2D eigenvalue weighted by atomic mass is 9.67. The van der Waals surface area contributed by atoms with Crippen LogP contribution in [0, 0.1) is 17.0 Å². The van der Waals surface area contributed by atoms with Crippen molar-refractivity contribution in [2.75, 3.05) is 26.8 Å². The maximum Gasteiger partial charge on any atom is 0.314 e. The number of carbonyl (C=O) groups is 1. The number of carbonyl (C=O) groups excluding carboxylic acids is 1. The van der Waals surface area contributed by atoms with Crippen LogP contribution in [0.15, 0.2) is 18.2 Å². The Balaban J connectivity index is 1.78. The van der Waals surface area contributed by atoms with Crippen LogP contribution in [-0.4, -0.2) is 37.9 Å². The van der Waals surface area contributed by atoms with E-state index in [9.17, 15) is 18.7 Å². The molecule has 1 atom stereocenters. The van der Waals surface area contributed by atoms with Gasteiger partial charge in [-0.3, -0.25) is 0 Å². The quantitative estimate of drug-likeness (QED) is 0.680. The average Bonchev–Trinajstić information content (AvgIpc) is 2.51. The van der Waals surface area contributed by atoms with Crippen molar-refractivity contribution in [2.24, 2.45) is 5.41 Å². The second kappa shape index (κ2) is 8.39. The molecule has 3 N–H and O–H groups in total. The molecule has 1 aromatic carbocycles. The molecule has 0 saturated heterocycles. The Morgan fingerprint density at radius 2 is 2.00 bits per heavy atom. The largest absolute Gasteiger partial charge is 0.386 e. The normalized spacial score (nSPS) is 17.0. The van der Waals surface area contributed by atoms with Crippen LogP contribution in [0.1, 0.15) is 37.4 Å². The molecular weight excluding hydrogens is 318 g/mol. The number of ether oxygens (including phenoxy) is 1. The zero-order chi connectivity index (χ0) is 17.6. The number of hydrogen-bond donors (Lipinski definition) is 3. The maximum absolute atomic E-state index is 13.6. The minimum absolute atomic E-state index is 0.0730. The summed E-state index contributed by atoms with van der Waals surface area (Å²) in [6.45, 7) is 0.898. The number of urea groups is 1. The van der Waals surface area contributed by atoms with E-state index in [1.807, 2.05) is 0 Å². The second-order valence-corrected chi connectivity index (χ2v) is 6.31. The van der Waals surface area contributed by atoms with Crippen molar-refractivity contribution >= 4 is 6.03 Å². The lowest BCUT2D eigenvalue weighted by Crippen LogP contribution is -2.46. The number of aliphatic hydroxyl groups excluding tert-OH is 1. The van der Waals surface area contributed by atoms with Crippen molar-refractivity contribution in [3.8, 4) is 0 Å². The molecule has 0 bridgehead atoms. The van der Waals surface area contributed by atoms with Crippen LogP contribution in [0.2, 0.25) is 0 Å². The standard InChI is InChI=1S/C17H24F2N2O3/c1-24-9-8-17(6-3-7-17)11-21-16(23)20-10-14(22)15-12(18)4-2-5-13(15)19/h2,4-5,14,22H,3,6-11H2,1H3,(H2,20,21,23). The van der Waals surface area contributed by atoms with E-state index < -0.39 is 29.3 Å². The molecule has 1 fully saturated rings. The first-order valence-electron chi connectivity index (χ1n) is 8.10. The van der Waals surface area contributed by atoms with Crippen molar-refractivity contribution in [1.82, 2.24) is 10.6 Å². The first kappa shape index (κ1) is 18.6. The number of nitrogens with one attached hydrogen (secondary N) is 2. The van der Waals surface area contributed by atoms with Crippen molar-refractivity contribution in [1.29, 1.82) is 0 Å². The van der Waals surface area contributed by atoms with E-state index in [0.29, 0.717) is 13.2 Å². The van der Waals surface area contributed by atoms with Crippen LogP contribution >= 0.6 is 0 Å². The van der Waals surface area contributed by atoms with E-state index >= 15 is 0 Å². The highest BCUT2D eigenvalue weighted by molar-refractivity contribution is 5.73. The van der Waals surface area contributed by atoms with E-state index in [4.69, 9.17) is 4.74 Å². The monoisotopic (exact) mass is 342 g/mol. The summed E-state index contributed by atoms with van der Waals surface area (Å²) in [4.78, 5) is 11.9. The predicted molar refractivity (Wildman–Crippen MR) is 85.5 cm³/mol. The van der Waals surface area contributed by atoms with E-state index in [0.717, 1.165) is 37.8 Å². The number of halogens is 2. The second-order valence-electron chi connectivity index (χ2n) is 6.31. The van der Waals surface area contributed by atoms with Crippen molar-refractivity contribution in [2.45, 2.75) is 31.8 Å². The molecule has 7 heteroatoms. The smallest absolute Gasteiger partial charge is 0.314 e. The third kappa shape index (κ3) is 4.64. The molecule has 1 saturated carbocycles. The Hall–Kier alpha value is -1.73. The highest BCUT2D eigenvalue weighted by Crippen LogP contribution is 2.43. The van der Waals surface area contributed by atoms with Gasteiger partial charge >= 0.3 is 6.03 Å². The molecule has 0 radical (unpaired) electrons.